The molecule has 0 bridgehead atoms. The van der Waals surface area contributed by atoms with Gasteiger partial charge in [0.1, 0.15) is 11.1 Å². The van der Waals surface area contributed by atoms with Crippen LogP contribution in [0.1, 0.15) is 23.4 Å². The Balaban J connectivity index is 3.17. The van der Waals surface area contributed by atoms with Gasteiger partial charge in [0.25, 0.3) is 0 Å². The minimum Gasteiger partial charge on any atom is -0.496 e. The van der Waals surface area contributed by atoms with Gasteiger partial charge in [-0.3, -0.25) is 0 Å². The summed E-state index contributed by atoms with van der Waals surface area (Å²) in [6, 6.07) is 3.25. The van der Waals surface area contributed by atoms with Crippen molar-refractivity contribution >= 4 is 34.9 Å². The molecule has 7 heteroatoms. The molecule has 0 fully saturated rings. The molecule has 1 rings (SSSR count). The van der Waals surface area contributed by atoms with E-state index in [-0.39, 0.29) is 12.3 Å². The summed E-state index contributed by atoms with van der Waals surface area (Å²) in [7, 11) is 1.52. The molecule has 0 heterocycles. The summed E-state index contributed by atoms with van der Waals surface area (Å²) in [6.07, 6.45) is 0. The lowest BCUT2D eigenvalue weighted by atomic mass is 10.0. The molecule has 0 radical (unpaired) electrons. The monoisotopic (exact) mass is 319 g/mol. The molecule has 0 aliphatic carbocycles. The molecule has 0 saturated carbocycles. The van der Waals surface area contributed by atoms with Gasteiger partial charge in [-0.1, -0.05) is 16.8 Å². The second kappa shape index (κ2) is 7.36. The van der Waals surface area contributed by atoms with E-state index in [0.717, 1.165) is 5.56 Å². The quantitative estimate of drug-likeness (QED) is 0.297. The first-order valence-corrected chi connectivity index (χ1v) is 6.64. The number of hydrogen-bond acceptors (Lipinski definition) is 5. The fraction of sp³-hybridized carbons (Fsp3) is 0.385. The van der Waals surface area contributed by atoms with E-state index in [9.17, 15) is 4.79 Å². The number of esters is 1. The molecule has 1 N–H and O–H groups in total. The zero-order valence-electron chi connectivity index (χ0n) is 11.3. The third-order valence-corrected chi connectivity index (χ3v) is 3.39. The van der Waals surface area contributed by atoms with Gasteiger partial charge in [0.15, 0.2) is 5.71 Å². The molecule has 20 heavy (non-hydrogen) atoms. The normalized spacial score (nSPS) is 12.9. The predicted molar refractivity (Wildman–Crippen MR) is 77.2 cm³/mol. The van der Waals surface area contributed by atoms with E-state index in [2.05, 4.69) is 5.16 Å². The number of methoxy groups -OCH3 is 1. The molecule has 0 aliphatic rings. The maximum absolute atomic E-state index is 11.6. The number of rotatable bonds is 5. The molecule has 110 valence electrons. The number of alkyl halides is 1. The lowest BCUT2D eigenvalue weighted by Gasteiger charge is -2.15. The first-order valence-electron chi connectivity index (χ1n) is 5.83. The van der Waals surface area contributed by atoms with Crippen LogP contribution in [0, 0.1) is 6.92 Å². The maximum atomic E-state index is 11.6. The lowest BCUT2D eigenvalue weighted by molar-refractivity contribution is -0.135. The highest BCUT2D eigenvalue weighted by Gasteiger charge is 2.27. The second-order valence-electron chi connectivity index (χ2n) is 3.91. The van der Waals surface area contributed by atoms with E-state index in [1.807, 2.05) is 6.92 Å². The molecular weight excluding hydrogens is 305 g/mol. The number of ether oxygens (including phenoxy) is 2. The Morgan fingerprint density at radius 3 is 2.65 bits per heavy atom. The van der Waals surface area contributed by atoms with Gasteiger partial charge in [-0.05, 0) is 37.1 Å². The van der Waals surface area contributed by atoms with Crippen LogP contribution >= 0.6 is 23.2 Å². The van der Waals surface area contributed by atoms with Gasteiger partial charge in [-0.2, -0.15) is 0 Å². The van der Waals surface area contributed by atoms with E-state index in [1.54, 1.807) is 19.1 Å². The first-order chi connectivity index (χ1) is 9.46. The van der Waals surface area contributed by atoms with Crippen LogP contribution in [-0.2, 0) is 9.53 Å². The average molecular weight is 320 g/mol. The van der Waals surface area contributed by atoms with Gasteiger partial charge in [0.05, 0.1) is 13.7 Å². The number of halogens is 2. The number of oxime groups is 1. The molecule has 0 aliphatic heterocycles. The minimum atomic E-state index is -1.02. The predicted octanol–water partition coefficient (Wildman–Crippen LogP) is 3.33. The van der Waals surface area contributed by atoms with Crippen molar-refractivity contribution < 1.29 is 19.5 Å². The standard InChI is InChI=1S/C13H15Cl2NO4/c1-4-20-13(17)12(16-18)11(15)8-5-7(2)10(19-3)6-9(8)14/h5-6,11,18H,4H2,1-3H3/b16-12-. The number of aryl methyl sites for hydroxylation is 1. The van der Waals surface area contributed by atoms with Crippen molar-refractivity contribution in [3.8, 4) is 5.75 Å². The minimum absolute atomic E-state index is 0.150. The van der Waals surface area contributed by atoms with Crippen molar-refractivity contribution in [2.75, 3.05) is 13.7 Å². The number of benzene rings is 1. The van der Waals surface area contributed by atoms with E-state index in [0.29, 0.717) is 16.3 Å². The van der Waals surface area contributed by atoms with Crippen LogP contribution in [0.25, 0.3) is 0 Å². The largest absolute Gasteiger partial charge is 0.496 e. The average Bonchev–Trinajstić information content (AvgIpc) is 2.41. The fourth-order valence-corrected chi connectivity index (χ4v) is 2.28. The van der Waals surface area contributed by atoms with Crippen LogP contribution in [0.2, 0.25) is 5.02 Å². The number of nitrogens with zero attached hydrogens (tertiary/aromatic N) is 1. The topological polar surface area (TPSA) is 68.1 Å². The second-order valence-corrected chi connectivity index (χ2v) is 4.76. The Kier molecular flexibility index (Phi) is 6.10. The van der Waals surface area contributed by atoms with Crippen LogP contribution in [0.3, 0.4) is 0 Å². The van der Waals surface area contributed by atoms with Gasteiger partial charge < -0.3 is 14.7 Å². The molecule has 0 spiro atoms. The molecule has 0 amide bonds. The molecule has 5 nitrogen and oxygen atoms in total. The molecular formula is C13H15Cl2NO4. The van der Waals surface area contributed by atoms with Gasteiger partial charge in [-0.15, -0.1) is 11.6 Å². The van der Waals surface area contributed by atoms with Gasteiger partial charge in [0.2, 0.25) is 0 Å². The molecule has 1 atom stereocenters. The van der Waals surface area contributed by atoms with Crippen LogP contribution in [0.5, 0.6) is 5.75 Å². The summed E-state index contributed by atoms with van der Waals surface area (Å²) in [4.78, 5) is 11.6. The highest BCUT2D eigenvalue weighted by molar-refractivity contribution is 6.50. The summed E-state index contributed by atoms with van der Waals surface area (Å²) in [6.45, 7) is 3.60. The molecule has 1 aromatic rings. The zero-order valence-corrected chi connectivity index (χ0v) is 12.8. The molecule has 0 aromatic heterocycles. The maximum Gasteiger partial charge on any atom is 0.358 e. The SMILES string of the molecule is CCOC(=O)/C(=N\O)C(Cl)c1cc(C)c(OC)cc1Cl. The molecule has 1 unspecified atom stereocenters. The Bertz CT molecular complexity index is 531. The Morgan fingerprint density at radius 1 is 1.50 bits per heavy atom. The van der Waals surface area contributed by atoms with Crippen LogP contribution in [-0.4, -0.2) is 30.6 Å². The summed E-state index contributed by atoms with van der Waals surface area (Å²) in [5.41, 5.74) is 0.908. The van der Waals surface area contributed by atoms with Crippen molar-refractivity contribution in [2.45, 2.75) is 19.2 Å². The van der Waals surface area contributed by atoms with Gasteiger partial charge >= 0.3 is 5.97 Å². The van der Waals surface area contributed by atoms with Crippen molar-refractivity contribution in [1.82, 2.24) is 0 Å². The zero-order chi connectivity index (χ0) is 15.3. The highest BCUT2D eigenvalue weighted by atomic mass is 35.5. The summed E-state index contributed by atoms with van der Waals surface area (Å²) in [5, 5.41) is 11.2. The van der Waals surface area contributed by atoms with E-state index in [4.69, 9.17) is 37.9 Å². The van der Waals surface area contributed by atoms with Crippen molar-refractivity contribution in [3.05, 3.63) is 28.3 Å². The van der Waals surface area contributed by atoms with Gasteiger partial charge in [-0.25, -0.2) is 4.79 Å². The Morgan fingerprint density at radius 2 is 2.15 bits per heavy atom. The number of carbonyl (C=O) groups excluding carboxylic acids is 1. The van der Waals surface area contributed by atoms with E-state index < -0.39 is 11.3 Å². The number of carbonyl (C=O) groups is 1. The Labute approximate surface area is 127 Å². The summed E-state index contributed by atoms with van der Waals surface area (Å²) >= 11 is 12.3. The van der Waals surface area contributed by atoms with Crippen molar-refractivity contribution in [3.63, 3.8) is 0 Å². The van der Waals surface area contributed by atoms with E-state index >= 15 is 0 Å². The third kappa shape index (κ3) is 3.55. The van der Waals surface area contributed by atoms with Crippen molar-refractivity contribution in [1.29, 1.82) is 0 Å². The third-order valence-electron chi connectivity index (χ3n) is 2.62. The first kappa shape index (κ1) is 16.6. The fourth-order valence-electron chi connectivity index (χ4n) is 1.65. The molecule has 0 saturated heterocycles. The van der Waals surface area contributed by atoms with Crippen molar-refractivity contribution in [2.24, 2.45) is 5.16 Å². The van der Waals surface area contributed by atoms with Crippen LogP contribution in [0.4, 0.5) is 0 Å². The Hall–Kier alpha value is -1.46. The smallest absolute Gasteiger partial charge is 0.358 e. The van der Waals surface area contributed by atoms with Crippen LogP contribution in [0.15, 0.2) is 17.3 Å². The summed E-state index contributed by atoms with van der Waals surface area (Å²) < 4.78 is 9.91. The molecule has 1 aromatic carbocycles. The van der Waals surface area contributed by atoms with Crippen LogP contribution < -0.4 is 4.74 Å². The highest BCUT2D eigenvalue weighted by Crippen LogP contribution is 2.34. The van der Waals surface area contributed by atoms with E-state index in [1.165, 1.54) is 7.11 Å². The van der Waals surface area contributed by atoms with Gasteiger partial charge in [0, 0.05) is 5.02 Å². The summed E-state index contributed by atoms with van der Waals surface area (Å²) in [5.74, 6) is -0.194. The number of hydrogen-bond donors (Lipinski definition) is 1. The lowest BCUT2D eigenvalue weighted by Crippen LogP contribution is -2.22.